The summed E-state index contributed by atoms with van der Waals surface area (Å²) in [5.74, 6) is 1.44. The van der Waals surface area contributed by atoms with Crippen LogP contribution in [0.4, 0.5) is 4.39 Å². The number of thioether (sulfide) groups is 1. The number of halogens is 1. The van der Waals surface area contributed by atoms with Gasteiger partial charge in [-0.2, -0.15) is 0 Å². The summed E-state index contributed by atoms with van der Waals surface area (Å²) >= 11 is 1.63. The molecule has 0 bridgehead atoms. The first-order valence-electron chi connectivity index (χ1n) is 10.6. The zero-order chi connectivity index (χ0) is 21.8. The SMILES string of the molecule is Fc1ccc(CSc2nnc(Cc3c[nH]c4ccccc34)n2CCCc2cnc[nH]2)cc1. The van der Waals surface area contributed by atoms with Crippen molar-refractivity contribution in [3.8, 4) is 0 Å². The topological polar surface area (TPSA) is 75.2 Å². The van der Waals surface area contributed by atoms with Gasteiger partial charge >= 0.3 is 0 Å². The minimum atomic E-state index is -0.221. The number of hydrogen-bond acceptors (Lipinski definition) is 4. The van der Waals surface area contributed by atoms with E-state index in [4.69, 9.17) is 0 Å². The highest BCUT2D eigenvalue weighted by molar-refractivity contribution is 7.98. The molecule has 5 aromatic rings. The number of benzene rings is 2. The summed E-state index contributed by atoms with van der Waals surface area (Å²) in [5, 5.41) is 11.1. The quantitative estimate of drug-likeness (QED) is 0.308. The highest BCUT2D eigenvalue weighted by Crippen LogP contribution is 2.25. The van der Waals surface area contributed by atoms with Gasteiger partial charge in [-0.1, -0.05) is 42.1 Å². The van der Waals surface area contributed by atoms with Gasteiger partial charge < -0.3 is 14.5 Å². The van der Waals surface area contributed by atoms with Crippen molar-refractivity contribution in [3.63, 3.8) is 0 Å². The van der Waals surface area contributed by atoms with Crippen molar-refractivity contribution in [1.29, 1.82) is 0 Å². The van der Waals surface area contributed by atoms with Crippen LogP contribution in [0.1, 0.15) is 29.1 Å². The molecule has 0 aliphatic heterocycles. The molecule has 0 amide bonds. The van der Waals surface area contributed by atoms with Crippen molar-refractivity contribution in [3.05, 3.63) is 95.7 Å². The molecule has 0 atom stereocenters. The van der Waals surface area contributed by atoms with Gasteiger partial charge in [-0.25, -0.2) is 9.37 Å². The third kappa shape index (κ3) is 4.60. The number of rotatable bonds is 9. The van der Waals surface area contributed by atoms with E-state index in [9.17, 15) is 4.39 Å². The second kappa shape index (κ2) is 9.40. The first kappa shape index (κ1) is 20.5. The van der Waals surface area contributed by atoms with Gasteiger partial charge in [0, 0.05) is 47.7 Å². The number of nitrogens with zero attached hydrogens (tertiary/aromatic N) is 4. The number of imidazole rings is 1. The van der Waals surface area contributed by atoms with E-state index >= 15 is 0 Å². The summed E-state index contributed by atoms with van der Waals surface area (Å²) in [6, 6.07) is 14.9. The van der Waals surface area contributed by atoms with Crippen LogP contribution in [-0.2, 0) is 25.1 Å². The Hall–Kier alpha value is -3.39. The fourth-order valence-corrected chi connectivity index (χ4v) is 4.75. The van der Waals surface area contributed by atoms with Crippen molar-refractivity contribution in [2.45, 2.75) is 36.7 Å². The van der Waals surface area contributed by atoms with Gasteiger partial charge in [0.25, 0.3) is 0 Å². The molecule has 8 heteroatoms. The van der Waals surface area contributed by atoms with Crippen LogP contribution in [0.3, 0.4) is 0 Å². The maximum absolute atomic E-state index is 13.2. The molecule has 3 aromatic heterocycles. The molecule has 2 aromatic carbocycles. The number of aryl methyl sites for hydroxylation is 1. The number of hydrogen-bond donors (Lipinski definition) is 2. The summed E-state index contributed by atoms with van der Waals surface area (Å²) in [6.45, 7) is 0.815. The van der Waals surface area contributed by atoms with E-state index in [2.05, 4.69) is 54.1 Å². The third-order valence-corrected chi connectivity index (χ3v) is 6.52. The highest BCUT2D eigenvalue weighted by Gasteiger charge is 2.15. The number of para-hydroxylation sites is 1. The summed E-state index contributed by atoms with van der Waals surface area (Å²) < 4.78 is 15.4. The average molecular weight is 447 g/mol. The Labute approximate surface area is 189 Å². The Balaban J connectivity index is 1.36. The van der Waals surface area contributed by atoms with Crippen molar-refractivity contribution >= 4 is 22.7 Å². The van der Waals surface area contributed by atoms with Crippen LogP contribution in [0.15, 0.2) is 72.4 Å². The molecular weight excluding hydrogens is 423 g/mol. The molecule has 3 heterocycles. The van der Waals surface area contributed by atoms with Gasteiger partial charge in [0.05, 0.1) is 6.33 Å². The molecule has 0 spiro atoms. The second-order valence-corrected chi connectivity index (χ2v) is 8.62. The Kier molecular flexibility index (Phi) is 6.02. The van der Waals surface area contributed by atoms with Crippen LogP contribution < -0.4 is 0 Å². The number of fused-ring (bicyclic) bond motifs is 1. The van der Waals surface area contributed by atoms with Crippen molar-refractivity contribution < 1.29 is 4.39 Å². The van der Waals surface area contributed by atoms with E-state index < -0.39 is 0 Å². The zero-order valence-electron chi connectivity index (χ0n) is 17.5. The van der Waals surface area contributed by atoms with Gasteiger partial charge in [0.15, 0.2) is 5.16 Å². The molecule has 0 saturated heterocycles. The largest absolute Gasteiger partial charge is 0.361 e. The lowest BCUT2D eigenvalue weighted by molar-refractivity contribution is 0.572. The van der Waals surface area contributed by atoms with Crippen LogP contribution >= 0.6 is 11.8 Å². The summed E-state index contributed by atoms with van der Waals surface area (Å²) in [4.78, 5) is 10.6. The van der Waals surface area contributed by atoms with E-state index in [1.807, 2.05) is 24.4 Å². The summed E-state index contributed by atoms with van der Waals surface area (Å²) in [7, 11) is 0. The fourth-order valence-electron chi connectivity index (χ4n) is 3.81. The predicted molar refractivity (Wildman–Crippen MR) is 124 cm³/mol. The number of aromatic nitrogens is 6. The number of H-pyrrole nitrogens is 2. The van der Waals surface area contributed by atoms with Gasteiger partial charge in [-0.3, -0.25) is 0 Å². The molecule has 0 fully saturated rings. The molecule has 0 radical (unpaired) electrons. The monoisotopic (exact) mass is 446 g/mol. The van der Waals surface area contributed by atoms with E-state index in [0.717, 1.165) is 47.1 Å². The Bertz CT molecular complexity index is 1290. The zero-order valence-corrected chi connectivity index (χ0v) is 18.3. The van der Waals surface area contributed by atoms with Gasteiger partial charge in [-0.15, -0.1) is 10.2 Å². The van der Waals surface area contributed by atoms with E-state index in [-0.39, 0.29) is 5.82 Å². The summed E-state index contributed by atoms with van der Waals surface area (Å²) in [6.07, 6.45) is 8.19. The molecule has 162 valence electrons. The Morgan fingerprint density at radius 1 is 1.00 bits per heavy atom. The third-order valence-electron chi connectivity index (χ3n) is 5.48. The van der Waals surface area contributed by atoms with Crippen molar-refractivity contribution in [2.75, 3.05) is 0 Å². The Morgan fingerprint density at radius 2 is 1.88 bits per heavy atom. The lowest BCUT2D eigenvalue weighted by Crippen LogP contribution is -2.07. The van der Waals surface area contributed by atoms with Crippen LogP contribution in [0.25, 0.3) is 10.9 Å². The van der Waals surface area contributed by atoms with Crippen LogP contribution in [-0.4, -0.2) is 29.7 Å². The van der Waals surface area contributed by atoms with Crippen LogP contribution in [0, 0.1) is 5.82 Å². The standard InChI is InChI=1S/C24H23FN6S/c25-19-9-7-17(8-10-19)15-32-24-30-29-23(31(24)11-3-4-20-14-26-16-28-20)12-18-13-27-22-6-2-1-5-21(18)22/h1-2,5-10,13-14,16,27H,3-4,11-12,15H2,(H,26,28). The maximum atomic E-state index is 13.2. The smallest absolute Gasteiger partial charge is 0.191 e. The van der Waals surface area contributed by atoms with Crippen molar-refractivity contribution in [1.82, 2.24) is 29.7 Å². The number of nitrogens with one attached hydrogen (secondary N) is 2. The van der Waals surface area contributed by atoms with Gasteiger partial charge in [0.1, 0.15) is 11.6 Å². The minimum Gasteiger partial charge on any atom is -0.361 e. The average Bonchev–Trinajstić information content (AvgIpc) is 3.56. The lowest BCUT2D eigenvalue weighted by atomic mass is 10.1. The van der Waals surface area contributed by atoms with Crippen LogP contribution in [0.5, 0.6) is 0 Å². The van der Waals surface area contributed by atoms with Gasteiger partial charge in [-0.05, 0) is 42.2 Å². The Morgan fingerprint density at radius 3 is 2.72 bits per heavy atom. The van der Waals surface area contributed by atoms with E-state index in [1.54, 1.807) is 18.1 Å². The van der Waals surface area contributed by atoms with Crippen molar-refractivity contribution in [2.24, 2.45) is 0 Å². The molecule has 0 unspecified atom stereocenters. The molecular formula is C24H23FN6S. The molecule has 0 aliphatic carbocycles. The van der Waals surface area contributed by atoms with E-state index in [0.29, 0.717) is 12.2 Å². The molecule has 6 nitrogen and oxygen atoms in total. The minimum absolute atomic E-state index is 0.221. The lowest BCUT2D eigenvalue weighted by Gasteiger charge is -2.10. The molecule has 5 rings (SSSR count). The molecule has 2 N–H and O–H groups in total. The maximum Gasteiger partial charge on any atom is 0.191 e. The summed E-state index contributed by atoms with van der Waals surface area (Å²) in [5.41, 5.74) is 4.51. The van der Waals surface area contributed by atoms with E-state index in [1.165, 1.54) is 23.1 Å². The molecule has 0 aliphatic rings. The number of aromatic amines is 2. The molecule has 0 saturated carbocycles. The first-order valence-corrected chi connectivity index (χ1v) is 11.6. The normalized spacial score (nSPS) is 11.4. The van der Waals surface area contributed by atoms with Crippen LogP contribution in [0.2, 0.25) is 0 Å². The molecule has 32 heavy (non-hydrogen) atoms. The second-order valence-electron chi connectivity index (χ2n) is 7.68. The van der Waals surface area contributed by atoms with Gasteiger partial charge in [0.2, 0.25) is 0 Å². The predicted octanol–water partition coefficient (Wildman–Crippen LogP) is 5.14. The highest BCUT2D eigenvalue weighted by atomic mass is 32.2. The first-order chi connectivity index (χ1) is 15.8. The fraction of sp³-hybridized carbons (Fsp3) is 0.208.